The first-order valence-electron chi connectivity index (χ1n) is 12.8. The zero-order valence-corrected chi connectivity index (χ0v) is 21.3. The van der Waals surface area contributed by atoms with Crippen LogP contribution < -0.4 is 0 Å². The highest BCUT2D eigenvalue weighted by Crippen LogP contribution is 2.63. The Balaban J connectivity index is 1.76. The molecule has 3 aliphatic carbocycles. The normalized spacial score (nSPS) is 39.2. The van der Waals surface area contributed by atoms with Crippen molar-refractivity contribution >= 4 is 17.7 Å². The summed E-state index contributed by atoms with van der Waals surface area (Å²) in [6.07, 6.45) is 2.70. The number of methoxy groups -OCH3 is 1. The highest BCUT2D eigenvalue weighted by molar-refractivity contribution is 6.13. The number of cyclic esters (lactones) is 1. The van der Waals surface area contributed by atoms with Crippen LogP contribution in [0.25, 0.3) is 0 Å². The molecule has 5 aliphatic rings. The van der Waals surface area contributed by atoms with Crippen molar-refractivity contribution in [3.05, 3.63) is 34.3 Å². The molecule has 196 valence electrons. The molecule has 2 saturated heterocycles. The van der Waals surface area contributed by atoms with E-state index in [1.807, 2.05) is 18.7 Å². The molecule has 5 rings (SSSR count). The van der Waals surface area contributed by atoms with E-state index in [-0.39, 0.29) is 23.7 Å². The molecule has 3 fully saturated rings. The van der Waals surface area contributed by atoms with Gasteiger partial charge in [-0.2, -0.15) is 0 Å². The standard InChI is InChI=1S/C27H35NO8/c1-14(29)35-17-11-26(2)16(7-8-18(26)30)20-22(17)27(3)19(13-34-4)36-25(33)15(12-28-9-5-6-10-28)21(27)24(32)23(20)31/h12,16-19,30,32H,5-11,13H2,1-4H3/b15-12+/t16-,17+,18?,19+,26-,27-/m0/s1. The van der Waals surface area contributed by atoms with Crippen LogP contribution in [0.15, 0.2) is 34.3 Å². The van der Waals surface area contributed by atoms with E-state index in [9.17, 15) is 24.6 Å². The van der Waals surface area contributed by atoms with E-state index in [2.05, 4.69) is 0 Å². The number of esters is 2. The fraction of sp³-hybridized carbons (Fsp3) is 0.667. The van der Waals surface area contributed by atoms with Gasteiger partial charge in [-0.05, 0) is 50.5 Å². The van der Waals surface area contributed by atoms with Gasteiger partial charge in [-0.3, -0.25) is 9.59 Å². The number of aliphatic hydroxyl groups excluding tert-OH is 2. The van der Waals surface area contributed by atoms with E-state index in [0.29, 0.717) is 30.4 Å². The SMILES string of the molecule is COC[C@H]1OC(=O)/C(=C/N2CCCC2)C2=C(O)C(=O)C3=C([C@H](OC(C)=O)C[C@]4(C)C(O)CC[C@@H]34)[C@]21C. The molecule has 1 saturated carbocycles. The summed E-state index contributed by atoms with van der Waals surface area (Å²) >= 11 is 0. The second-order valence-corrected chi connectivity index (χ2v) is 11.2. The molecule has 0 aromatic heterocycles. The van der Waals surface area contributed by atoms with E-state index >= 15 is 0 Å². The first-order valence-corrected chi connectivity index (χ1v) is 12.8. The monoisotopic (exact) mass is 501 g/mol. The molecule has 0 aromatic rings. The summed E-state index contributed by atoms with van der Waals surface area (Å²) in [5, 5.41) is 22.4. The predicted octanol–water partition coefficient (Wildman–Crippen LogP) is 2.35. The maximum Gasteiger partial charge on any atom is 0.340 e. The molecule has 1 unspecified atom stereocenters. The van der Waals surface area contributed by atoms with Crippen LogP contribution in [-0.2, 0) is 28.6 Å². The topological polar surface area (TPSA) is 123 Å². The number of likely N-dealkylation sites (tertiary alicyclic amines) is 1. The number of ether oxygens (including phenoxy) is 3. The number of carbonyl (C=O) groups excluding carboxylic acids is 3. The zero-order chi connectivity index (χ0) is 26.0. The second-order valence-electron chi connectivity index (χ2n) is 11.2. The third-order valence-corrected chi connectivity index (χ3v) is 9.11. The van der Waals surface area contributed by atoms with Crippen LogP contribution in [-0.4, -0.2) is 78.0 Å². The Morgan fingerprint density at radius 3 is 2.56 bits per heavy atom. The molecule has 9 heteroatoms. The van der Waals surface area contributed by atoms with Gasteiger partial charge in [0.25, 0.3) is 0 Å². The Hall–Kier alpha value is -2.65. The molecule has 2 heterocycles. The number of rotatable bonds is 4. The van der Waals surface area contributed by atoms with Crippen LogP contribution in [0.5, 0.6) is 0 Å². The molecule has 0 aromatic carbocycles. The van der Waals surface area contributed by atoms with Crippen LogP contribution in [0.2, 0.25) is 0 Å². The Kier molecular flexibility index (Phi) is 6.07. The Morgan fingerprint density at radius 2 is 1.92 bits per heavy atom. The van der Waals surface area contributed by atoms with Gasteiger partial charge in [0, 0.05) is 49.9 Å². The highest BCUT2D eigenvalue weighted by Gasteiger charge is 2.64. The van der Waals surface area contributed by atoms with Crippen molar-refractivity contribution in [2.75, 3.05) is 26.8 Å². The van der Waals surface area contributed by atoms with Crippen molar-refractivity contribution < 1.29 is 38.8 Å². The van der Waals surface area contributed by atoms with E-state index in [1.165, 1.54) is 14.0 Å². The molecule has 0 spiro atoms. The first-order chi connectivity index (χ1) is 17.0. The van der Waals surface area contributed by atoms with Gasteiger partial charge in [-0.1, -0.05) is 6.92 Å². The fourth-order valence-electron chi connectivity index (χ4n) is 7.33. The lowest BCUT2D eigenvalue weighted by Gasteiger charge is -2.54. The minimum Gasteiger partial charge on any atom is -0.504 e. The zero-order valence-electron chi connectivity index (χ0n) is 21.3. The first kappa shape index (κ1) is 25.0. The quantitative estimate of drug-likeness (QED) is 0.441. The lowest BCUT2D eigenvalue weighted by atomic mass is 9.53. The number of ketones is 1. The van der Waals surface area contributed by atoms with Crippen LogP contribution in [0.3, 0.4) is 0 Å². The van der Waals surface area contributed by atoms with E-state index in [4.69, 9.17) is 14.2 Å². The third-order valence-electron chi connectivity index (χ3n) is 9.11. The molecule has 0 amide bonds. The molecule has 9 nitrogen and oxygen atoms in total. The molecule has 0 bridgehead atoms. The summed E-state index contributed by atoms with van der Waals surface area (Å²) in [4.78, 5) is 41.4. The number of fused-ring (bicyclic) bond motifs is 4. The van der Waals surface area contributed by atoms with Gasteiger partial charge in [-0.25, -0.2) is 4.79 Å². The van der Waals surface area contributed by atoms with Gasteiger partial charge in [-0.15, -0.1) is 0 Å². The summed E-state index contributed by atoms with van der Waals surface area (Å²) in [6, 6.07) is 0. The number of hydrogen-bond acceptors (Lipinski definition) is 9. The Labute approximate surface area is 210 Å². The van der Waals surface area contributed by atoms with E-state index in [1.54, 1.807) is 6.20 Å². The molecular formula is C27H35NO8. The van der Waals surface area contributed by atoms with Crippen LogP contribution in [0, 0.1) is 16.7 Å². The maximum absolute atomic E-state index is 13.9. The predicted molar refractivity (Wildman–Crippen MR) is 127 cm³/mol. The summed E-state index contributed by atoms with van der Waals surface area (Å²) in [5.74, 6) is -2.51. The van der Waals surface area contributed by atoms with Crippen LogP contribution >= 0.6 is 0 Å². The Bertz CT molecular complexity index is 1100. The van der Waals surface area contributed by atoms with Crippen molar-refractivity contribution in [3.8, 4) is 0 Å². The van der Waals surface area contributed by atoms with Crippen molar-refractivity contribution in [2.24, 2.45) is 16.7 Å². The smallest absolute Gasteiger partial charge is 0.340 e. The number of aliphatic hydroxyl groups is 2. The molecule has 2 aliphatic heterocycles. The van der Waals surface area contributed by atoms with E-state index in [0.717, 1.165) is 25.9 Å². The molecular weight excluding hydrogens is 466 g/mol. The molecule has 0 radical (unpaired) electrons. The average molecular weight is 502 g/mol. The molecule has 6 atom stereocenters. The van der Waals surface area contributed by atoms with Crippen molar-refractivity contribution in [1.82, 2.24) is 4.90 Å². The number of Topliss-reactive ketones (excluding diaryl/α,β-unsaturated/α-hetero) is 1. The van der Waals surface area contributed by atoms with Gasteiger partial charge in [0.15, 0.2) is 5.76 Å². The van der Waals surface area contributed by atoms with Crippen molar-refractivity contribution in [3.63, 3.8) is 0 Å². The number of nitrogens with zero attached hydrogens (tertiary/aromatic N) is 1. The van der Waals surface area contributed by atoms with Gasteiger partial charge in [0.05, 0.1) is 23.7 Å². The van der Waals surface area contributed by atoms with Gasteiger partial charge < -0.3 is 29.3 Å². The second kappa shape index (κ2) is 8.73. The Morgan fingerprint density at radius 1 is 1.22 bits per heavy atom. The average Bonchev–Trinajstić information content (AvgIpc) is 3.42. The van der Waals surface area contributed by atoms with Gasteiger partial charge in [0.2, 0.25) is 5.78 Å². The lowest BCUT2D eigenvalue weighted by Crippen LogP contribution is -2.57. The van der Waals surface area contributed by atoms with Gasteiger partial charge in [0.1, 0.15) is 12.2 Å². The summed E-state index contributed by atoms with van der Waals surface area (Å²) < 4.78 is 17.2. The highest BCUT2D eigenvalue weighted by atomic mass is 16.6. The largest absolute Gasteiger partial charge is 0.504 e. The third kappa shape index (κ3) is 3.46. The molecule has 36 heavy (non-hydrogen) atoms. The minimum absolute atomic E-state index is 0.0261. The van der Waals surface area contributed by atoms with Crippen LogP contribution in [0.4, 0.5) is 0 Å². The van der Waals surface area contributed by atoms with Gasteiger partial charge >= 0.3 is 11.9 Å². The number of hydrogen-bond donors (Lipinski definition) is 2. The summed E-state index contributed by atoms with van der Waals surface area (Å²) in [7, 11) is 1.49. The van der Waals surface area contributed by atoms with Crippen molar-refractivity contribution in [1.29, 1.82) is 0 Å². The van der Waals surface area contributed by atoms with Crippen LogP contribution in [0.1, 0.15) is 52.9 Å². The molecule has 2 N–H and O–H groups in total. The maximum atomic E-state index is 13.9. The van der Waals surface area contributed by atoms with E-state index < -0.39 is 52.6 Å². The number of carbonyl (C=O) groups is 3. The fourth-order valence-corrected chi connectivity index (χ4v) is 7.33. The summed E-state index contributed by atoms with van der Waals surface area (Å²) in [6.45, 7) is 6.61. The van der Waals surface area contributed by atoms with Crippen molar-refractivity contribution in [2.45, 2.75) is 71.2 Å². The summed E-state index contributed by atoms with van der Waals surface area (Å²) in [5.41, 5.74) is -0.596. The number of allylic oxidation sites excluding steroid dienone is 1. The lowest BCUT2D eigenvalue weighted by molar-refractivity contribution is -0.161. The minimum atomic E-state index is -1.17.